The second-order valence-corrected chi connectivity index (χ2v) is 7.80. The fraction of sp³-hybridized carbons (Fsp3) is 0.812. The van der Waals surface area contributed by atoms with Gasteiger partial charge >= 0.3 is 0 Å². The summed E-state index contributed by atoms with van der Waals surface area (Å²) in [5, 5.41) is 4.86. The molecule has 1 saturated heterocycles. The Morgan fingerprint density at radius 2 is 2.33 bits per heavy atom. The number of rotatable bonds is 4. The average molecular weight is 309 g/mol. The summed E-state index contributed by atoms with van der Waals surface area (Å²) >= 11 is 1.90. The Bertz CT molecular complexity index is 486. The summed E-state index contributed by atoms with van der Waals surface area (Å²) in [4.78, 5) is 8.90. The molecular formula is C16H27N3OS. The van der Waals surface area contributed by atoms with Crippen LogP contribution in [0.25, 0.3) is 0 Å². The highest BCUT2D eigenvalue weighted by atomic mass is 32.1. The minimum atomic E-state index is -0.0652. The highest BCUT2D eigenvalue weighted by Crippen LogP contribution is 2.37. The third-order valence-electron chi connectivity index (χ3n) is 4.28. The molecule has 0 amide bonds. The lowest BCUT2D eigenvalue weighted by Gasteiger charge is -2.38. The molecule has 3 rings (SSSR count). The highest BCUT2D eigenvalue weighted by molar-refractivity contribution is 7.15. The molecule has 4 nitrogen and oxygen atoms in total. The van der Waals surface area contributed by atoms with Gasteiger partial charge in [0.2, 0.25) is 0 Å². The Morgan fingerprint density at radius 3 is 3.10 bits per heavy atom. The molecular weight excluding hydrogens is 282 g/mol. The van der Waals surface area contributed by atoms with Crippen LogP contribution < -0.4 is 10.2 Å². The van der Waals surface area contributed by atoms with E-state index >= 15 is 0 Å². The Balaban J connectivity index is 1.77. The van der Waals surface area contributed by atoms with Crippen molar-refractivity contribution in [3.8, 4) is 0 Å². The quantitative estimate of drug-likeness (QED) is 0.927. The first kappa shape index (κ1) is 15.3. The molecule has 1 atom stereocenters. The summed E-state index contributed by atoms with van der Waals surface area (Å²) in [6, 6.07) is 0.466. The number of aromatic nitrogens is 1. The van der Waals surface area contributed by atoms with Crippen molar-refractivity contribution >= 4 is 16.5 Å². The molecule has 0 aromatic carbocycles. The summed E-state index contributed by atoms with van der Waals surface area (Å²) in [5.74, 6) is 0. The summed E-state index contributed by atoms with van der Waals surface area (Å²) in [6.45, 7) is 10.3. The van der Waals surface area contributed by atoms with Gasteiger partial charge in [0.1, 0.15) is 0 Å². The second-order valence-electron chi connectivity index (χ2n) is 6.73. The van der Waals surface area contributed by atoms with E-state index in [4.69, 9.17) is 9.72 Å². The maximum Gasteiger partial charge on any atom is 0.186 e. The van der Waals surface area contributed by atoms with E-state index in [0.29, 0.717) is 6.04 Å². The topological polar surface area (TPSA) is 37.4 Å². The van der Waals surface area contributed by atoms with Crippen LogP contribution in [0, 0.1) is 0 Å². The van der Waals surface area contributed by atoms with E-state index in [0.717, 1.165) is 26.2 Å². The van der Waals surface area contributed by atoms with Crippen molar-refractivity contribution in [3.05, 3.63) is 10.6 Å². The molecule has 2 heterocycles. The molecule has 1 aromatic heterocycles. The van der Waals surface area contributed by atoms with Crippen LogP contribution in [0.5, 0.6) is 0 Å². The van der Waals surface area contributed by atoms with Gasteiger partial charge in [-0.05, 0) is 46.1 Å². The van der Waals surface area contributed by atoms with Crippen LogP contribution in [0.3, 0.4) is 0 Å². The van der Waals surface area contributed by atoms with Crippen LogP contribution >= 0.6 is 11.3 Å². The number of hydrogen-bond acceptors (Lipinski definition) is 5. The standard InChI is InChI=1S/C16H27N3OS/c1-4-8-17-12-6-5-7-13-14(12)18-15(21-13)19-9-10-20-16(2,3)11-19/h12,17H,4-11H2,1-3H3. The summed E-state index contributed by atoms with van der Waals surface area (Å²) < 4.78 is 5.82. The first-order valence-electron chi connectivity index (χ1n) is 8.21. The van der Waals surface area contributed by atoms with E-state index in [2.05, 4.69) is 31.0 Å². The number of fused-ring (bicyclic) bond motifs is 1. The number of morpholine rings is 1. The van der Waals surface area contributed by atoms with E-state index in [1.54, 1.807) is 0 Å². The van der Waals surface area contributed by atoms with Gasteiger partial charge < -0.3 is 15.0 Å². The number of aryl methyl sites for hydroxylation is 1. The van der Waals surface area contributed by atoms with Crippen LogP contribution in [-0.4, -0.2) is 36.8 Å². The van der Waals surface area contributed by atoms with Crippen LogP contribution in [0.4, 0.5) is 5.13 Å². The fourth-order valence-corrected chi connectivity index (χ4v) is 4.43. The molecule has 0 saturated carbocycles. The first-order chi connectivity index (χ1) is 10.1. The molecule has 118 valence electrons. The SMILES string of the molecule is CCCNC1CCCc2sc(N3CCOC(C)(C)C3)nc21. The number of hydrogen-bond donors (Lipinski definition) is 1. The molecule has 1 fully saturated rings. The molecule has 1 aliphatic carbocycles. The molecule has 21 heavy (non-hydrogen) atoms. The molecule has 1 unspecified atom stereocenters. The van der Waals surface area contributed by atoms with E-state index in [9.17, 15) is 0 Å². The lowest BCUT2D eigenvalue weighted by Crippen LogP contribution is -2.48. The average Bonchev–Trinajstić information content (AvgIpc) is 2.88. The van der Waals surface area contributed by atoms with Crippen molar-refractivity contribution in [2.45, 2.75) is 58.1 Å². The van der Waals surface area contributed by atoms with Crippen molar-refractivity contribution in [2.24, 2.45) is 0 Å². The first-order valence-corrected chi connectivity index (χ1v) is 9.02. The van der Waals surface area contributed by atoms with Crippen molar-refractivity contribution < 1.29 is 4.74 Å². The molecule has 1 aliphatic heterocycles. The zero-order chi connectivity index (χ0) is 14.9. The number of anilines is 1. The fourth-order valence-electron chi connectivity index (χ4n) is 3.24. The number of nitrogens with zero attached hydrogens (tertiary/aromatic N) is 2. The monoisotopic (exact) mass is 309 g/mol. The Kier molecular flexibility index (Phi) is 4.52. The molecule has 1 aromatic rings. The van der Waals surface area contributed by atoms with Crippen molar-refractivity contribution in [2.75, 3.05) is 31.1 Å². The molecule has 0 spiro atoms. The molecule has 1 N–H and O–H groups in total. The predicted molar refractivity (Wildman–Crippen MR) is 88.3 cm³/mol. The van der Waals surface area contributed by atoms with Crippen LogP contribution in [-0.2, 0) is 11.2 Å². The van der Waals surface area contributed by atoms with Gasteiger partial charge in [-0.3, -0.25) is 0 Å². The lowest BCUT2D eigenvalue weighted by atomic mass is 9.97. The Labute approximate surface area is 131 Å². The summed E-state index contributed by atoms with van der Waals surface area (Å²) in [6.07, 6.45) is 4.89. The smallest absolute Gasteiger partial charge is 0.186 e. The van der Waals surface area contributed by atoms with Gasteiger partial charge in [-0.2, -0.15) is 0 Å². The maximum atomic E-state index is 5.82. The van der Waals surface area contributed by atoms with Crippen molar-refractivity contribution in [1.82, 2.24) is 10.3 Å². The Hall–Kier alpha value is -0.650. The van der Waals surface area contributed by atoms with Gasteiger partial charge in [-0.1, -0.05) is 6.92 Å². The summed E-state index contributed by atoms with van der Waals surface area (Å²) in [7, 11) is 0. The maximum absolute atomic E-state index is 5.82. The molecule has 0 bridgehead atoms. The number of nitrogens with one attached hydrogen (secondary N) is 1. The summed E-state index contributed by atoms with van der Waals surface area (Å²) in [5.41, 5.74) is 1.25. The van der Waals surface area contributed by atoms with E-state index in [-0.39, 0.29) is 5.60 Å². The number of ether oxygens (including phenoxy) is 1. The molecule has 2 aliphatic rings. The molecule has 0 radical (unpaired) electrons. The van der Waals surface area contributed by atoms with Crippen LogP contribution in [0.2, 0.25) is 0 Å². The normalized spacial score (nSPS) is 24.9. The minimum Gasteiger partial charge on any atom is -0.372 e. The predicted octanol–water partition coefficient (Wildman–Crippen LogP) is 3.14. The Morgan fingerprint density at radius 1 is 1.48 bits per heavy atom. The second kappa shape index (κ2) is 6.23. The van der Waals surface area contributed by atoms with E-state index in [1.165, 1.54) is 41.4 Å². The van der Waals surface area contributed by atoms with Gasteiger partial charge in [0, 0.05) is 18.0 Å². The third kappa shape index (κ3) is 3.41. The van der Waals surface area contributed by atoms with Crippen molar-refractivity contribution in [3.63, 3.8) is 0 Å². The zero-order valence-electron chi connectivity index (χ0n) is 13.4. The third-order valence-corrected chi connectivity index (χ3v) is 5.47. The van der Waals surface area contributed by atoms with Gasteiger partial charge in [-0.25, -0.2) is 4.98 Å². The zero-order valence-corrected chi connectivity index (χ0v) is 14.3. The van der Waals surface area contributed by atoms with Gasteiger partial charge in [0.15, 0.2) is 5.13 Å². The number of thiazole rings is 1. The minimum absolute atomic E-state index is 0.0652. The lowest BCUT2D eigenvalue weighted by molar-refractivity contribution is -0.0277. The van der Waals surface area contributed by atoms with Gasteiger partial charge in [0.25, 0.3) is 0 Å². The van der Waals surface area contributed by atoms with E-state index < -0.39 is 0 Å². The molecule has 5 heteroatoms. The van der Waals surface area contributed by atoms with Crippen molar-refractivity contribution in [1.29, 1.82) is 0 Å². The van der Waals surface area contributed by atoms with Crippen LogP contribution in [0.15, 0.2) is 0 Å². The van der Waals surface area contributed by atoms with Crippen LogP contribution in [0.1, 0.15) is 56.6 Å². The highest BCUT2D eigenvalue weighted by Gasteiger charge is 2.31. The van der Waals surface area contributed by atoms with E-state index in [1.807, 2.05) is 11.3 Å². The van der Waals surface area contributed by atoms with Gasteiger partial charge in [0.05, 0.1) is 23.9 Å². The largest absolute Gasteiger partial charge is 0.372 e. The van der Waals surface area contributed by atoms with Gasteiger partial charge in [-0.15, -0.1) is 11.3 Å².